The summed E-state index contributed by atoms with van der Waals surface area (Å²) in [5.41, 5.74) is 1.83. The van der Waals surface area contributed by atoms with Gasteiger partial charge in [0.1, 0.15) is 4.34 Å². The standard InChI is InChI=1S/C23H29Cl2N3O4S2/c1-2-31-22(30)11-17-15-34-23(27-17)33-9-3-4-21(29)26-12-18-14-28(7-8-32-18)13-16-5-6-19(24)20(25)10-16/h5-6,10,15,18H,2-4,7-9,11-14H2,1H3,(H,26,29). The second-order valence-electron chi connectivity index (χ2n) is 7.82. The summed E-state index contributed by atoms with van der Waals surface area (Å²) in [5, 5.41) is 5.97. The number of hydrogen-bond donors (Lipinski definition) is 1. The quantitative estimate of drug-likeness (QED) is 0.240. The number of halogens is 2. The third kappa shape index (κ3) is 9.36. The van der Waals surface area contributed by atoms with Crippen molar-refractivity contribution in [2.75, 3.05) is 38.6 Å². The number of nitrogens with one attached hydrogen (secondary N) is 1. The Hall–Kier alpha value is -1.36. The van der Waals surface area contributed by atoms with Crippen molar-refractivity contribution < 1.29 is 19.1 Å². The van der Waals surface area contributed by atoms with Crippen LogP contribution in [0, 0.1) is 0 Å². The second-order valence-corrected chi connectivity index (χ2v) is 10.8. The zero-order valence-electron chi connectivity index (χ0n) is 19.1. The lowest BCUT2D eigenvalue weighted by Gasteiger charge is -2.33. The van der Waals surface area contributed by atoms with E-state index in [9.17, 15) is 9.59 Å². The molecule has 2 aromatic rings. The van der Waals surface area contributed by atoms with E-state index in [4.69, 9.17) is 32.7 Å². The number of aromatic nitrogens is 1. The van der Waals surface area contributed by atoms with Crippen LogP contribution in [0.5, 0.6) is 0 Å². The Balaban J connectivity index is 1.30. The van der Waals surface area contributed by atoms with Gasteiger partial charge in [-0.25, -0.2) is 4.98 Å². The van der Waals surface area contributed by atoms with E-state index in [0.29, 0.717) is 36.2 Å². The number of carbonyl (C=O) groups is 2. The first-order valence-corrected chi connectivity index (χ1v) is 13.8. The molecule has 0 spiro atoms. The Bertz CT molecular complexity index is 960. The maximum absolute atomic E-state index is 12.2. The van der Waals surface area contributed by atoms with Gasteiger partial charge in [-0.15, -0.1) is 11.3 Å². The van der Waals surface area contributed by atoms with Gasteiger partial charge in [0.05, 0.1) is 41.5 Å². The molecule has 1 N–H and O–H groups in total. The van der Waals surface area contributed by atoms with Crippen molar-refractivity contribution in [1.82, 2.24) is 15.2 Å². The third-order valence-electron chi connectivity index (χ3n) is 5.08. The summed E-state index contributed by atoms with van der Waals surface area (Å²) in [6, 6.07) is 5.68. The van der Waals surface area contributed by atoms with E-state index in [1.165, 1.54) is 11.3 Å². The molecule has 0 aliphatic carbocycles. The molecule has 0 saturated carbocycles. The van der Waals surface area contributed by atoms with Crippen LogP contribution in [0.25, 0.3) is 0 Å². The molecule has 1 unspecified atom stereocenters. The summed E-state index contributed by atoms with van der Waals surface area (Å²) < 4.78 is 11.7. The van der Waals surface area contributed by atoms with Crippen molar-refractivity contribution in [2.45, 2.75) is 43.2 Å². The Morgan fingerprint density at radius 1 is 1.35 bits per heavy atom. The van der Waals surface area contributed by atoms with Crippen molar-refractivity contribution in [3.05, 3.63) is 44.9 Å². The van der Waals surface area contributed by atoms with E-state index in [-0.39, 0.29) is 24.4 Å². The number of ether oxygens (including phenoxy) is 2. The summed E-state index contributed by atoms with van der Waals surface area (Å²) in [4.78, 5) is 30.5. The monoisotopic (exact) mass is 545 g/mol. The number of benzene rings is 1. The van der Waals surface area contributed by atoms with Gasteiger partial charge in [-0.3, -0.25) is 14.5 Å². The van der Waals surface area contributed by atoms with Gasteiger partial charge in [-0.2, -0.15) is 0 Å². The number of thiazole rings is 1. The molecule has 1 fully saturated rings. The van der Waals surface area contributed by atoms with Crippen molar-refractivity contribution in [1.29, 1.82) is 0 Å². The first kappa shape index (κ1) is 27.2. The summed E-state index contributed by atoms with van der Waals surface area (Å²) in [5.74, 6) is 0.547. The number of rotatable bonds is 12. The highest BCUT2D eigenvalue weighted by molar-refractivity contribution is 8.01. The van der Waals surface area contributed by atoms with E-state index in [0.717, 1.165) is 47.4 Å². The Labute approximate surface area is 218 Å². The smallest absolute Gasteiger partial charge is 0.311 e. The molecular formula is C23H29Cl2N3O4S2. The SMILES string of the molecule is CCOC(=O)Cc1csc(SCCCC(=O)NCC2CN(Cc3ccc(Cl)c(Cl)c3)CCO2)n1. The van der Waals surface area contributed by atoms with E-state index in [1.54, 1.807) is 18.7 Å². The predicted octanol–water partition coefficient (Wildman–Crippen LogP) is 4.45. The average molecular weight is 547 g/mol. The van der Waals surface area contributed by atoms with Crippen molar-refractivity contribution in [3.63, 3.8) is 0 Å². The van der Waals surface area contributed by atoms with Gasteiger partial charge >= 0.3 is 5.97 Å². The molecule has 1 saturated heterocycles. The minimum atomic E-state index is -0.263. The fourth-order valence-electron chi connectivity index (χ4n) is 3.45. The molecule has 0 radical (unpaired) electrons. The number of nitrogens with zero attached hydrogens (tertiary/aromatic N) is 2. The molecule has 34 heavy (non-hydrogen) atoms. The minimum absolute atomic E-state index is 0.0212. The molecule has 7 nitrogen and oxygen atoms in total. The molecule has 1 amide bonds. The topological polar surface area (TPSA) is 80.8 Å². The summed E-state index contributed by atoms with van der Waals surface area (Å²) >= 11 is 15.2. The van der Waals surface area contributed by atoms with Crippen LogP contribution in [-0.4, -0.2) is 66.5 Å². The Morgan fingerprint density at radius 3 is 3.00 bits per heavy atom. The number of morpholine rings is 1. The van der Waals surface area contributed by atoms with Crippen LogP contribution in [0.3, 0.4) is 0 Å². The fraction of sp³-hybridized carbons (Fsp3) is 0.522. The summed E-state index contributed by atoms with van der Waals surface area (Å²) in [7, 11) is 0. The van der Waals surface area contributed by atoms with E-state index in [2.05, 4.69) is 15.2 Å². The highest BCUT2D eigenvalue weighted by atomic mass is 35.5. The van der Waals surface area contributed by atoms with Crippen LogP contribution >= 0.6 is 46.3 Å². The molecule has 1 aliphatic heterocycles. The number of hydrogen-bond acceptors (Lipinski definition) is 8. The van der Waals surface area contributed by atoms with Gasteiger partial charge in [-0.05, 0) is 31.0 Å². The first-order valence-electron chi connectivity index (χ1n) is 11.2. The Morgan fingerprint density at radius 2 is 2.21 bits per heavy atom. The number of amides is 1. The lowest BCUT2D eigenvalue weighted by Crippen LogP contribution is -2.47. The second kappa shape index (κ2) is 14.3. The number of esters is 1. The lowest BCUT2D eigenvalue weighted by atomic mass is 10.2. The van der Waals surface area contributed by atoms with Gasteiger partial charge in [-0.1, -0.05) is 41.0 Å². The molecule has 1 aromatic heterocycles. The van der Waals surface area contributed by atoms with E-state index >= 15 is 0 Å². The third-order valence-corrected chi connectivity index (χ3v) is 7.97. The van der Waals surface area contributed by atoms with Crippen LogP contribution in [-0.2, 0) is 32.0 Å². The van der Waals surface area contributed by atoms with Gasteiger partial charge in [0.15, 0.2) is 0 Å². The largest absolute Gasteiger partial charge is 0.466 e. The maximum Gasteiger partial charge on any atom is 0.311 e. The van der Waals surface area contributed by atoms with E-state index < -0.39 is 0 Å². The predicted molar refractivity (Wildman–Crippen MR) is 137 cm³/mol. The molecule has 1 aliphatic rings. The molecule has 11 heteroatoms. The zero-order chi connectivity index (χ0) is 24.3. The average Bonchev–Trinajstić information content (AvgIpc) is 3.25. The normalized spacial score (nSPS) is 16.4. The molecule has 0 bridgehead atoms. The number of carbonyl (C=O) groups excluding carboxylic acids is 2. The fourth-order valence-corrected chi connectivity index (χ4v) is 5.62. The highest BCUT2D eigenvalue weighted by Crippen LogP contribution is 2.25. The number of thioether (sulfide) groups is 1. The summed E-state index contributed by atoms with van der Waals surface area (Å²) in [6.07, 6.45) is 1.36. The first-order chi connectivity index (χ1) is 16.4. The van der Waals surface area contributed by atoms with Crippen LogP contribution in [0.4, 0.5) is 0 Å². The molecule has 1 atom stereocenters. The van der Waals surface area contributed by atoms with Crippen LogP contribution in [0.2, 0.25) is 10.0 Å². The molecule has 1 aromatic carbocycles. The molecule has 2 heterocycles. The molecule has 3 rings (SSSR count). The van der Waals surface area contributed by atoms with Gasteiger partial charge < -0.3 is 14.8 Å². The lowest BCUT2D eigenvalue weighted by molar-refractivity contribution is -0.142. The van der Waals surface area contributed by atoms with Gasteiger partial charge in [0.25, 0.3) is 0 Å². The van der Waals surface area contributed by atoms with Crippen molar-refractivity contribution in [3.8, 4) is 0 Å². The van der Waals surface area contributed by atoms with Gasteiger partial charge in [0.2, 0.25) is 5.91 Å². The summed E-state index contributed by atoms with van der Waals surface area (Å²) in [6.45, 7) is 5.62. The van der Waals surface area contributed by atoms with Gasteiger partial charge in [0, 0.05) is 43.7 Å². The van der Waals surface area contributed by atoms with E-state index in [1.807, 2.05) is 23.6 Å². The molecular weight excluding hydrogens is 517 g/mol. The zero-order valence-corrected chi connectivity index (χ0v) is 22.2. The van der Waals surface area contributed by atoms with Crippen molar-refractivity contribution >= 4 is 58.2 Å². The van der Waals surface area contributed by atoms with Crippen molar-refractivity contribution in [2.24, 2.45) is 0 Å². The highest BCUT2D eigenvalue weighted by Gasteiger charge is 2.21. The maximum atomic E-state index is 12.2. The Kier molecular flexibility index (Phi) is 11.4. The van der Waals surface area contributed by atoms with Crippen LogP contribution in [0.15, 0.2) is 27.9 Å². The van der Waals surface area contributed by atoms with Crippen LogP contribution < -0.4 is 5.32 Å². The molecule has 186 valence electrons. The van der Waals surface area contributed by atoms with Crippen LogP contribution in [0.1, 0.15) is 31.0 Å². The minimum Gasteiger partial charge on any atom is -0.466 e.